The number of likely N-dealkylation sites (N-methyl/N-ethyl adjacent to an activating group) is 1. The van der Waals surface area contributed by atoms with Crippen LogP contribution in [0.5, 0.6) is 0 Å². The molecule has 0 atom stereocenters. The Labute approximate surface area is 96.7 Å². The Morgan fingerprint density at radius 3 is 2.50 bits per heavy atom. The summed E-state index contributed by atoms with van der Waals surface area (Å²) in [5.41, 5.74) is 1.94. The van der Waals surface area contributed by atoms with Gasteiger partial charge in [-0.15, -0.1) is 0 Å². The van der Waals surface area contributed by atoms with Gasteiger partial charge in [-0.2, -0.15) is 0 Å². The van der Waals surface area contributed by atoms with Crippen molar-refractivity contribution in [3.63, 3.8) is 0 Å². The molecule has 1 aliphatic heterocycles. The molecule has 0 radical (unpaired) electrons. The summed E-state index contributed by atoms with van der Waals surface area (Å²) in [6.07, 6.45) is 0. The van der Waals surface area contributed by atoms with Gasteiger partial charge in [-0.05, 0) is 18.6 Å². The normalized spacial score (nSPS) is 19.4. The molecule has 0 unspecified atom stereocenters. The maximum Gasteiger partial charge on any atom is 0.346 e. The lowest BCUT2D eigenvalue weighted by Gasteiger charge is -2.35. The van der Waals surface area contributed by atoms with Crippen molar-refractivity contribution in [2.24, 2.45) is 0 Å². The Morgan fingerprint density at radius 2 is 1.88 bits per heavy atom. The smallest absolute Gasteiger partial charge is 0.306 e. The Bertz CT molecular complexity index is 395. The highest BCUT2D eigenvalue weighted by molar-refractivity contribution is 5.90. The number of carbonyl (C=O) groups is 1. The van der Waals surface area contributed by atoms with Gasteiger partial charge in [0, 0.05) is 13.1 Å². The fourth-order valence-electron chi connectivity index (χ4n) is 2.20. The number of quaternary nitrogens is 1. The summed E-state index contributed by atoms with van der Waals surface area (Å²) in [6.45, 7) is 5.62. The Morgan fingerprint density at radius 1 is 1.25 bits per heavy atom. The van der Waals surface area contributed by atoms with E-state index in [-0.39, 0.29) is 5.91 Å². The van der Waals surface area contributed by atoms with Crippen molar-refractivity contribution < 1.29 is 9.28 Å². The summed E-state index contributed by atoms with van der Waals surface area (Å²) >= 11 is 0. The van der Waals surface area contributed by atoms with Crippen molar-refractivity contribution in [3.05, 3.63) is 35.4 Å². The molecule has 0 spiro atoms. The number of benzene rings is 1. The summed E-state index contributed by atoms with van der Waals surface area (Å²) in [6, 6.07) is 7.85. The molecule has 16 heavy (non-hydrogen) atoms. The minimum Gasteiger partial charge on any atom is -0.306 e. The second-order valence-electron chi connectivity index (χ2n) is 4.71. The van der Waals surface area contributed by atoms with Crippen LogP contribution in [0.3, 0.4) is 0 Å². The van der Waals surface area contributed by atoms with Crippen LogP contribution in [-0.2, 0) is 0 Å². The molecular weight excluding hydrogens is 200 g/mol. The fraction of sp³-hybridized carbons (Fsp3) is 0.462. The maximum atomic E-state index is 12.5. The second-order valence-corrected chi connectivity index (χ2v) is 4.71. The molecule has 0 bridgehead atoms. The van der Waals surface area contributed by atoms with E-state index in [9.17, 15) is 4.79 Å². The first-order valence-corrected chi connectivity index (χ1v) is 5.79. The zero-order valence-corrected chi connectivity index (χ0v) is 9.99. The van der Waals surface area contributed by atoms with E-state index in [1.54, 1.807) is 0 Å². The summed E-state index contributed by atoms with van der Waals surface area (Å²) in [7, 11) is 2.04. The van der Waals surface area contributed by atoms with Gasteiger partial charge in [0.1, 0.15) is 0 Å². The molecule has 1 aromatic rings. The number of rotatable bonds is 1. The fourth-order valence-corrected chi connectivity index (χ4v) is 2.20. The average molecular weight is 219 g/mol. The number of carbonyl (C=O) groups excluding carboxylic acids is 1. The first-order valence-electron chi connectivity index (χ1n) is 5.79. The molecule has 1 saturated heterocycles. The van der Waals surface area contributed by atoms with Gasteiger partial charge in [0.25, 0.3) is 0 Å². The molecule has 1 heterocycles. The maximum absolute atomic E-state index is 12.5. The molecular formula is C13H19N2O+. The second kappa shape index (κ2) is 4.36. The third-order valence-electron chi connectivity index (χ3n) is 3.43. The largest absolute Gasteiger partial charge is 0.346 e. The van der Waals surface area contributed by atoms with Crippen LogP contribution in [0.15, 0.2) is 24.3 Å². The number of hydrogen-bond donors (Lipinski definition) is 1. The minimum absolute atomic E-state index is 0.250. The van der Waals surface area contributed by atoms with E-state index in [0.717, 1.165) is 37.3 Å². The van der Waals surface area contributed by atoms with Crippen LogP contribution in [0.2, 0.25) is 0 Å². The Kier molecular flexibility index (Phi) is 3.08. The van der Waals surface area contributed by atoms with E-state index in [4.69, 9.17) is 0 Å². The predicted octanol–water partition coefficient (Wildman–Crippen LogP) is 1.19. The first-order chi connectivity index (χ1) is 7.63. The van der Waals surface area contributed by atoms with Crippen LogP contribution < -0.4 is 5.32 Å². The van der Waals surface area contributed by atoms with E-state index in [0.29, 0.717) is 4.48 Å². The third kappa shape index (κ3) is 2.01. The number of piperazine rings is 1. The molecule has 1 aromatic carbocycles. The minimum atomic E-state index is 0.250. The number of nitrogens with zero attached hydrogens (tertiary/aromatic N) is 1. The van der Waals surface area contributed by atoms with Gasteiger partial charge in [0.05, 0.1) is 25.7 Å². The molecule has 1 amide bonds. The highest BCUT2D eigenvalue weighted by atomic mass is 16.2. The van der Waals surface area contributed by atoms with Crippen LogP contribution in [-0.4, -0.2) is 43.6 Å². The van der Waals surface area contributed by atoms with E-state index < -0.39 is 0 Å². The predicted molar refractivity (Wildman–Crippen MR) is 64.3 cm³/mol. The van der Waals surface area contributed by atoms with Crippen molar-refractivity contribution >= 4 is 5.91 Å². The van der Waals surface area contributed by atoms with Crippen LogP contribution in [0.4, 0.5) is 0 Å². The molecule has 2 rings (SSSR count). The van der Waals surface area contributed by atoms with Crippen molar-refractivity contribution in [1.29, 1.82) is 0 Å². The number of amides is 1. The zero-order valence-electron chi connectivity index (χ0n) is 9.99. The van der Waals surface area contributed by atoms with Gasteiger partial charge < -0.3 is 5.32 Å². The standard InChI is InChI=1S/C13H19N2O/c1-11-5-3-4-6-12(11)13(16)15(2)9-7-14-8-10-15/h3-6,14H,7-10H2,1-2H3/q+1. The highest BCUT2D eigenvalue weighted by Gasteiger charge is 2.34. The summed E-state index contributed by atoms with van der Waals surface area (Å²) < 4.78 is 0.526. The Balaban J connectivity index is 2.28. The number of hydrogen-bond acceptors (Lipinski definition) is 2. The van der Waals surface area contributed by atoms with Gasteiger partial charge in [0.2, 0.25) is 0 Å². The van der Waals surface area contributed by atoms with E-state index >= 15 is 0 Å². The van der Waals surface area contributed by atoms with Crippen molar-refractivity contribution in [2.45, 2.75) is 6.92 Å². The Hall–Kier alpha value is -1.19. The highest BCUT2D eigenvalue weighted by Crippen LogP contribution is 2.16. The van der Waals surface area contributed by atoms with E-state index in [1.165, 1.54) is 0 Å². The molecule has 0 aliphatic carbocycles. The van der Waals surface area contributed by atoms with Gasteiger partial charge in [-0.3, -0.25) is 4.48 Å². The molecule has 86 valence electrons. The average Bonchev–Trinajstić information content (AvgIpc) is 2.30. The third-order valence-corrected chi connectivity index (χ3v) is 3.43. The van der Waals surface area contributed by atoms with Crippen LogP contribution in [0.1, 0.15) is 15.9 Å². The molecule has 1 aliphatic rings. The van der Waals surface area contributed by atoms with Gasteiger partial charge in [0.15, 0.2) is 0 Å². The summed E-state index contributed by atoms with van der Waals surface area (Å²) in [5, 5.41) is 3.29. The van der Waals surface area contributed by atoms with Gasteiger partial charge in [-0.1, -0.05) is 18.2 Å². The van der Waals surface area contributed by atoms with Crippen LogP contribution in [0.25, 0.3) is 0 Å². The summed E-state index contributed by atoms with van der Waals surface area (Å²) in [5.74, 6) is 0.250. The zero-order chi connectivity index (χ0) is 11.6. The molecule has 0 aromatic heterocycles. The van der Waals surface area contributed by atoms with Crippen molar-refractivity contribution in [3.8, 4) is 0 Å². The van der Waals surface area contributed by atoms with Gasteiger partial charge in [-0.25, -0.2) is 4.79 Å². The molecule has 3 nitrogen and oxygen atoms in total. The lowest BCUT2D eigenvalue weighted by atomic mass is 10.1. The number of nitrogens with one attached hydrogen (secondary N) is 1. The topological polar surface area (TPSA) is 29.1 Å². The van der Waals surface area contributed by atoms with Gasteiger partial charge >= 0.3 is 5.91 Å². The molecule has 1 N–H and O–H groups in total. The lowest BCUT2D eigenvalue weighted by molar-refractivity contribution is -0.830. The van der Waals surface area contributed by atoms with Crippen LogP contribution >= 0.6 is 0 Å². The number of aryl methyl sites for hydroxylation is 1. The summed E-state index contributed by atoms with van der Waals surface area (Å²) in [4.78, 5) is 12.5. The molecule has 1 fully saturated rings. The quantitative estimate of drug-likeness (QED) is 0.719. The van der Waals surface area contributed by atoms with Crippen LogP contribution in [0, 0.1) is 6.92 Å². The molecule has 0 saturated carbocycles. The monoisotopic (exact) mass is 219 g/mol. The first kappa shape index (κ1) is 11.3. The molecule has 3 heteroatoms. The van der Waals surface area contributed by atoms with E-state index in [1.807, 2.05) is 38.2 Å². The SMILES string of the molecule is Cc1ccccc1C(=O)[N+]1(C)CCNCC1. The van der Waals surface area contributed by atoms with Crippen molar-refractivity contribution in [2.75, 3.05) is 33.2 Å². The van der Waals surface area contributed by atoms with Crippen molar-refractivity contribution in [1.82, 2.24) is 5.32 Å². The lowest BCUT2D eigenvalue weighted by Crippen LogP contribution is -2.59. The van der Waals surface area contributed by atoms with E-state index in [2.05, 4.69) is 5.32 Å².